The van der Waals surface area contributed by atoms with Crippen molar-refractivity contribution in [2.24, 2.45) is 29.6 Å². The van der Waals surface area contributed by atoms with Crippen molar-refractivity contribution >= 4 is 0 Å². The van der Waals surface area contributed by atoms with E-state index < -0.39 is 0 Å². The minimum atomic E-state index is -0.361. The highest BCUT2D eigenvalue weighted by Crippen LogP contribution is 2.49. The Balaban J connectivity index is 1.26. The van der Waals surface area contributed by atoms with E-state index in [1.165, 1.54) is 70.6 Å². The molecule has 0 radical (unpaired) electrons. The Morgan fingerprint density at radius 2 is 1.41 bits per heavy atom. The van der Waals surface area contributed by atoms with E-state index in [0.717, 1.165) is 48.0 Å². The Morgan fingerprint density at radius 3 is 2.09 bits per heavy atom. The van der Waals surface area contributed by atoms with Crippen LogP contribution in [0.3, 0.4) is 0 Å². The lowest BCUT2D eigenvalue weighted by Crippen LogP contribution is -2.31. The van der Waals surface area contributed by atoms with Gasteiger partial charge >= 0.3 is 0 Å². The molecule has 0 amide bonds. The van der Waals surface area contributed by atoms with Crippen LogP contribution < -0.4 is 0 Å². The summed E-state index contributed by atoms with van der Waals surface area (Å²) in [6.07, 6.45) is 20.5. The molecule has 3 fully saturated rings. The quantitative estimate of drug-likeness (QED) is 0.352. The maximum Gasteiger partial charge on any atom is 0.129 e. The molecule has 3 aliphatic carbocycles. The number of hydrogen-bond donors (Lipinski definition) is 0. The third-order valence-corrected chi connectivity index (χ3v) is 9.48. The zero-order valence-corrected chi connectivity index (χ0v) is 20.3. The summed E-state index contributed by atoms with van der Waals surface area (Å²) >= 11 is 0. The number of hydrogen-bond acceptors (Lipinski definition) is 0. The van der Waals surface area contributed by atoms with E-state index in [2.05, 4.69) is 13.5 Å². The number of benzene rings is 1. The Kier molecular flexibility index (Phi) is 8.46. The third-order valence-electron chi connectivity index (χ3n) is 9.48. The van der Waals surface area contributed by atoms with Crippen LogP contribution in [-0.2, 0) is 6.42 Å². The van der Waals surface area contributed by atoms with Crippen molar-refractivity contribution in [3.63, 3.8) is 0 Å². The summed E-state index contributed by atoms with van der Waals surface area (Å²) in [5.74, 6) is 4.14. The molecule has 1 aromatic carbocycles. The molecule has 0 bridgehead atoms. The van der Waals surface area contributed by atoms with Crippen LogP contribution in [0.25, 0.3) is 0 Å². The molecule has 4 unspecified atom stereocenters. The SMILES string of the molecule is C=CCCc1c(F)cc(C2CCC3CC(CCC4CCC(CC)CC4)CCC3C2)cc1F. The first kappa shape index (κ1) is 24.0. The van der Waals surface area contributed by atoms with Crippen LogP contribution in [0, 0.1) is 41.2 Å². The van der Waals surface area contributed by atoms with Gasteiger partial charge in [0.25, 0.3) is 0 Å². The van der Waals surface area contributed by atoms with Crippen molar-refractivity contribution in [1.29, 1.82) is 0 Å². The molecule has 0 aromatic heterocycles. The van der Waals surface area contributed by atoms with Crippen molar-refractivity contribution in [1.82, 2.24) is 0 Å². The molecule has 0 heterocycles. The maximum absolute atomic E-state index is 14.6. The second kappa shape index (κ2) is 11.3. The molecule has 0 spiro atoms. The van der Waals surface area contributed by atoms with Gasteiger partial charge in [0.05, 0.1) is 0 Å². The molecule has 3 saturated carbocycles. The Labute approximate surface area is 195 Å². The van der Waals surface area contributed by atoms with Gasteiger partial charge in [0.15, 0.2) is 0 Å². The highest BCUT2D eigenvalue weighted by molar-refractivity contribution is 5.29. The number of rotatable bonds is 8. The number of halogens is 2. The van der Waals surface area contributed by atoms with E-state index in [-0.39, 0.29) is 17.2 Å². The lowest BCUT2D eigenvalue weighted by molar-refractivity contribution is 0.108. The van der Waals surface area contributed by atoms with Crippen molar-refractivity contribution in [2.75, 3.05) is 0 Å². The molecule has 0 nitrogen and oxygen atoms in total. The minimum Gasteiger partial charge on any atom is -0.207 e. The fourth-order valence-electron chi connectivity index (χ4n) is 7.29. The van der Waals surface area contributed by atoms with Gasteiger partial charge in [-0.25, -0.2) is 8.78 Å². The molecule has 0 saturated heterocycles. The van der Waals surface area contributed by atoms with E-state index in [4.69, 9.17) is 0 Å². The van der Waals surface area contributed by atoms with Crippen LogP contribution in [-0.4, -0.2) is 0 Å². The van der Waals surface area contributed by atoms with Crippen molar-refractivity contribution < 1.29 is 8.78 Å². The van der Waals surface area contributed by atoms with Crippen LogP contribution >= 0.6 is 0 Å². The zero-order valence-electron chi connectivity index (χ0n) is 20.3. The zero-order chi connectivity index (χ0) is 22.5. The fraction of sp³-hybridized carbons (Fsp3) is 0.733. The van der Waals surface area contributed by atoms with E-state index in [0.29, 0.717) is 18.8 Å². The number of fused-ring (bicyclic) bond motifs is 1. The smallest absolute Gasteiger partial charge is 0.129 e. The Hall–Kier alpha value is -1.18. The summed E-state index contributed by atoms with van der Waals surface area (Å²) < 4.78 is 29.2. The van der Waals surface area contributed by atoms with Gasteiger partial charge in [-0.1, -0.05) is 64.4 Å². The van der Waals surface area contributed by atoms with Crippen LogP contribution in [0.5, 0.6) is 0 Å². The second-order valence-electron chi connectivity index (χ2n) is 11.4. The molecular formula is C30H44F2. The molecule has 4 rings (SSSR count). The van der Waals surface area contributed by atoms with Gasteiger partial charge in [0, 0.05) is 5.56 Å². The van der Waals surface area contributed by atoms with Gasteiger partial charge in [-0.2, -0.15) is 0 Å². The van der Waals surface area contributed by atoms with Gasteiger partial charge in [0.1, 0.15) is 11.6 Å². The predicted octanol–water partition coefficient (Wildman–Crippen LogP) is 9.38. The summed E-state index contributed by atoms with van der Waals surface area (Å²) in [6, 6.07) is 3.26. The van der Waals surface area contributed by atoms with Gasteiger partial charge in [-0.3, -0.25) is 0 Å². The fourth-order valence-corrected chi connectivity index (χ4v) is 7.29. The van der Waals surface area contributed by atoms with E-state index >= 15 is 0 Å². The lowest BCUT2D eigenvalue weighted by atomic mass is 9.63. The minimum absolute atomic E-state index is 0.228. The molecule has 0 N–H and O–H groups in total. The predicted molar refractivity (Wildman–Crippen MR) is 131 cm³/mol. The molecule has 178 valence electrons. The van der Waals surface area contributed by atoms with Gasteiger partial charge in [0.2, 0.25) is 0 Å². The summed E-state index contributed by atoms with van der Waals surface area (Å²) in [7, 11) is 0. The van der Waals surface area contributed by atoms with Crippen LogP contribution in [0.15, 0.2) is 24.8 Å². The van der Waals surface area contributed by atoms with Crippen LogP contribution in [0.4, 0.5) is 8.78 Å². The van der Waals surface area contributed by atoms with Gasteiger partial charge in [-0.05, 0) is 98.1 Å². The van der Waals surface area contributed by atoms with Crippen molar-refractivity contribution in [3.8, 4) is 0 Å². The molecule has 4 atom stereocenters. The highest BCUT2D eigenvalue weighted by atomic mass is 19.1. The third kappa shape index (κ3) is 5.84. The average Bonchev–Trinajstić information content (AvgIpc) is 2.82. The summed E-state index contributed by atoms with van der Waals surface area (Å²) in [6.45, 7) is 6.02. The first-order valence-electron chi connectivity index (χ1n) is 13.7. The molecule has 0 aliphatic heterocycles. The Morgan fingerprint density at radius 1 is 0.812 bits per heavy atom. The van der Waals surface area contributed by atoms with Crippen molar-refractivity contribution in [3.05, 3.63) is 47.5 Å². The standard InChI is InChI=1S/C30H44F2/c1-3-5-6-28-29(31)19-27(20-30(28)32)26-16-15-24-17-23(13-14-25(24)18-26)12-11-22-9-7-21(4-2)8-10-22/h3,19-26H,1,4-18H2,2H3. The van der Waals surface area contributed by atoms with E-state index in [9.17, 15) is 8.78 Å². The van der Waals surface area contributed by atoms with Gasteiger partial charge < -0.3 is 0 Å². The van der Waals surface area contributed by atoms with Crippen LogP contribution in [0.1, 0.15) is 114 Å². The van der Waals surface area contributed by atoms with Crippen LogP contribution in [0.2, 0.25) is 0 Å². The first-order valence-corrected chi connectivity index (χ1v) is 13.7. The highest BCUT2D eigenvalue weighted by Gasteiger charge is 2.36. The average molecular weight is 443 g/mol. The lowest BCUT2D eigenvalue weighted by Gasteiger charge is -2.43. The summed E-state index contributed by atoms with van der Waals surface area (Å²) in [5.41, 5.74) is 1.12. The summed E-state index contributed by atoms with van der Waals surface area (Å²) in [4.78, 5) is 0. The van der Waals surface area contributed by atoms with Gasteiger partial charge in [-0.15, -0.1) is 6.58 Å². The normalized spacial score (nSPS) is 33.0. The van der Waals surface area contributed by atoms with E-state index in [1.807, 2.05) is 0 Å². The number of allylic oxidation sites excluding steroid dienone is 1. The summed E-state index contributed by atoms with van der Waals surface area (Å²) in [5, 5.41) is 0. The Bertz CT molecular complexity index is 722. The molecule has 1 aromatic rings. The monoisotopic (exact) mass is 442 g/mol. The topological polar surface area (TPSA) is 0 Å². The molecule has 3 aliphatic rings. The first-order chi connectivity index (χ1) is 15.6. The molecule has 2 heteroatoms. The maximum atomic E-state index is 14.6. The van der Waals surface area contributed by atoms with E-state index in [1.54, 1.807) is 18.2 Å². The van der Waals surface area contributed by atoms with Crippen molar-refractivity contribution in [2.45, 2.75) is 109 Å². The largest absolute Gasteiger partial charge is 0.207 e. The molecule has 32 heavy (non-hydrogen) atoms. The molecular weight excluding hydrogens is 398 g/mol. The second-order valence-corrected chi connectivity index (χ2v) is 11.4.